The SMILES string of the molecule is CN=C(NCC(C)C)NC1CC1C1CCCCC1.I. The highest BCUT2D eigenvalue weighted by atomic mass is 127. The molecule has 2 saturated carbocycles. The largest absolute Gasteiger partial charge is 0.356 e. The minimum atomic E-state index is 0. The first-order valence-electron chi connectivity index (χ1n) is 7.68. The zero-order valence-corrected chi connectivity index (χ0v) is 14.9. The Balaban J connectivity index is 0.00000180. The van der Waals surface area contributed by atoms with E-state index in [1.165, 1.54) is 38.5 Å². The Labute approximate surface area is 135 Å². The van der Waals surface area contributed by atoms with Gasteiger partial charge in [0.25, 0.3) is 0 Å². The molecule has 112 valence electrons. The Morgan fingerprint density at radius 2 is 1.89 bits per heavy atom. The van der Waals surface area contributed by atoms with Crippen LogP contribution in [0.4, 0.5) is 0 Å². The summed E-state index contributed by atoms with van der Waals surface area (Å²) in [6.45, 7) is 5.45. The maximum absolute atomic E-state index is 4.31. The summed E-state index contributed by atoms with van der Waals surface area (Å²) < 4.78 is 0. The summed E-state index contributed by atoms with van der Waals surface area (Å²) in [5.74, 6) is 3.56. The maximum atomic E-state index is 4.31. The number of guanidine groups is 1. The minimum Gasteiger partial charge on any atom is -0.356 e. The average Bonchev–Trinajstić information content (AvgIpc) is 3.14. The Morgan fingerprint density at radius 3 is 2.47 bits per heavy atom. The Kier molecular flexibility index (Phi) is 7.47. The van der Waals surface area contributed by atoms with Crippen LogP contribution in [0, 0.1) is 17.8 Å². The molecule has 0 aliphatic heterocycles. The molecule has 0 bridgehead atoms. The molecule has 2 aliphatic rings. The van der Waals surface area contributed by atoms with Crippen molar-refractivity contribution in [3.8, 4) is 0 Å². The maximum Gasteiger partial charge on any atom is 0.191 e. The molecule has 19 heavy (non-hydrogen) atoms. The lowest BCUT2D eigenvalue weighted by Crippen LogP contribution is -2.41. The standard InChI is InChI=1S/C15H29N3.HI/c1-11(2)10-17-15(16-3)18-14-9-13(14)12-7-5-4-6-8-12;/h11-14H,4-10H2,1-3H3,(H2,16,17,18);1H. The zero-order valence-electron chi connectivity index (χ0n) is 12.6. The van der Waals surface area contributed by atoms with Crippen LogP contribution in [0.1, 0.15) is 52.4 Å². The van der Waals surface area contributed by atoms with Gasteiger partial charge in [-0.1, -0.05) is 46.0 Å². The monoisotopic (exact) mass is 379 g/mol. The molecule has 0 amide bonds. The van der Waals surface area contributed by atoms with E-state index in [-0.39, 0.29) is 24.0 Å². The van der Waals surface area contributed by atoms with Gasteiger partial charge in [0.1, 0.15) is 0 Å². The minimum absolute atomic E-state index is 0. The number of rotatable bonds is 4. The van der Waals surface area contributed by atoms with Crippen molar-refractivity contribution in [3.63, 3.8) is 0 Å². The van der Waals surface area contributed by atoms with Crippen molar-refractivity contribution >= 4 is 29.9 Å². The van der Waals surface area contributed by atoms with Crippen LogP contribution in [0.2, 0.25) is 0 Å². The van der Waals surface area contributed by atoms with Crippen molar-refractivity contribution in [1.29, 1.82) is 0 Å². The highest BCUT2D eigenvalue weighted by Gasteiger charge is 2.43. The van der Waals surface area contributed by atoms with Crippen molar-refractivity contribution in [1.82, 2.24) is 10.6 Å². The number of halogens is 1. The summed E-state index contributed by atoms with van der Waals surface area (Å²) in [5, 5.41) is 6.98. The molecule has 2 unspecified atom stereocenters. The van der Waals surface area contributed by atoms with E-state index in [4.69, 9.17) is 0 Å². The molecule has 0 radical (unpaired) electrons. The van der Waals surface area contributed by atoms with Gasteiger partial charge in [0, 0.05) is 19.6 Å². The molecule has 0 spiro atoms. The zero-order chi connectivity index (χ0) is 13.0. The summed E-state index contributed by atoms with van der Waals surface area (Å²) >= 11 is 0. The highest BCUT2D eigenvalue weighted by Crippen LogP contribution is 2.44. The predicted molar refractivity (Wildman–Crippen MR) is 93.2 cm³/mol. The fourth-order valence-corrected chi connectivity index (χ4v) is 3.13. The van der Waals surface area contributed by atoms with Gasteiger partial charge in [-0.3, -0.25) is 4.99 Å². The summed E-state index contributed by atoms with van der Waals surface area (Å²) in [7, 11) is 1.87. The van der Waals surface area contributed by atoms with Crippen molar-refractivity contribution in [3.05, 3.63) is 0 Å². The van der Waals surface area contributed by atoms with Crippen molar-refractivity contribution in [2.45, 2.75) is 58.4 Å². The summed E-state index contributed by atoms with van der Waals surface area (Å²) in [4.78, 5) is 4.31. The first-order valence-corrected chi connectivity index (χ1v) is 7.68. The van der Waals surface area contributed by atoms with Gasteiger partial charge in [-0.15, -0.1) is 24.0 Å². The number of aliphatic imine (C=N–C) groups is 1. The lowest BCUT2D eigenvalue weighted by atomic mass is 9.85. The van der Waals surface area contributed by atoms with E-state index in [1.54, 1.807) is 0 Å². The summed E-state index contributed by atoms with van der Waals surface area (Å²) in [6.07, 6.45) is 8.64. The summed E-state index contributed by atoms with van der Waals surface area (Å²) in [6, 6.07) is 0.687. The van der Waals surface area contributed by atoms with Gasteiger partial charge in [-0.05, 0) is 24.2 Å². The third-order valence-electron chi connectivity index (χ3n) is 4.32. The van der Waals surface area contributed by atoms with Crippen LogP contribution in [0.25, 0.3) is 0 Å². The van der Waals surface area contributed by atoms with Crippen molar-refractivity contribution in [2.24, 2.45) is 22.7 Å². The predicted octanol–water partition coefficient (Wildman–Crippen LogP) is 3.39. The van der Waals surface area contributed by atoms with Crippen LogP contribution in [0.15, 0.2) is 4.99 Å². The van der Waals surface area contributed by atoms with E-state index in [0.717, 1.165) is 24.3 Å². The van der Waals surface area contributed by atoms with Gasteiger partial charge in [0.05, 0.1) is 0 Å². The van der Waals surface area contributed by atoms with E-state index < -0.39 is 0 Å². The quantitative estimate of drug-likeness (QED) is 0.446. The van der Waals surface area contributed by atoms with Gasteiger partial charge >= 0.3 is 0 Å². The lowest BCUT2D eigenvalue weighted by molar-refractivity contribution is 0.315. The molecule has 2 N–H and O–H groups in total. The molecule has 2 aliphatic carbocycles. The average molecular weight is 379 g/mol. The van der Waals surface area contributed by atoms with Crippen LogP contribution in [0.5, 0.6) is 0 Å². The molecule has 4 heteroatoms. The molecule has 0 heterocycles. The van der Waals surface area contributed by atoms with Gasteiger partial charge in [0.15, 0.2) is 5.96 Å². The van der Waals surface area contributed by atoms with Gasteiger partial charge in [0.2, 0.25) is 0 Å². The molecule has 2 atom stereocenters. The van der Waals surface area contributed by atoms with E-state index in [1.807, 2.05) is 7.05 Å². The van der Waals surface area contributed by atoms with Crippen LogP contribution in [-0.2, 0) is 0 Å². The molecule has 2 rings (SSSR count). The van der Waals surface area contributed by atoms with Gasteiger partial charge in [-0.25, -0.2) is 0 Å². The number of hydrogen-bond donors (Lipinski definition) is 2. The number of hydrogen-bond acceptors (Lipinski definition) is 1. The lowest BCUT2D eigenvalue weighted by Gasteiger charge is -2.22. The molecular formula is C15H30IN3. The van der Waals surface area contributed by atoms with E-state index in [9.17, 15) is 0 Å². The Bertz CT molecular complexity index is 285. The van der Waals surface area contributed by atoms with E-state index in [2.05, 4.69) is 29.5 Å². The molecule has 0 saturated heterocycles. The summed E-state index contributed by atoms with van der Waals surface area (Å²) in [5.41, 5.74) is 0. The molecule has 0 aromatic heterocycles. The van der Waals surface area contributed by atoms with Gasteiger partial charge in [-0.2, -0.15) is 0 Å². The molecular weight excluding hydrogens is 349 g/mol. The molecule has 2 fully saturated rings. The van der Waals surface area contributed by atoms with Crippen LogP contribution < -0.4 is 10.6 Å². The first kappa shape index (κ1) is 17.1. The third kappa shape index (κ3) is 5.48. The van der Waals surface area contributed by atoms with Crippen molar-refractivity contribution in [2.75, 3.05) is 13.6 Å². The van der Waals surface area contributed by atoms with Crippen LogP contribution >= 0.6 is 24.0 Å². The fraction of sp³-hybridized carbons (Fsp3) is 0.933. The topological polar surface area (TPSA) is 36.4 Å². The number of nitrogens with one attached hydrogen (secondary N) is 2. The third-order valence-corrected chi connectivity index (χ3v) is 4.32. The second-order valence-electron chi connectivity index (χ2n) is 6.40. The smallest absolute Gasteiger partial charge is 0.191 e. The van der Waals surface area contributed by atoms with Crippen LogP contribution in [0.3, 0.4) is 0 Å². The Hall–Kier alpha value is 0. The van der Waals surface area contributed by atoms with Crippen LogP contribution in [-0.4, -0.2) is 25.6 Å². The van der Waals surface area contributed by atoms with Gasteiger partial charge < -0.3 is 10.6 Å². The fourth-order valence-electron chi connectivity index (χ4n) is 3.13. The molecule has 0 aromatic rings. The second kappa shape index (κ2) is 8.32. The molecule has 0 aromatic carbocycles. The second-order valence-corrected chi connectivity index (χ2v) is 6.40. The number of nitrogens with zero attached hydrogens (tertiary/aromatic N) is 1. The Morgan fingerprint density at radius 1 is 1.21 bits per heavy atom. The first-order chi connectivity index (χ1) is 8.70. The highest BCUT2D eigenvalue weighted by molar-refractivity contribution is 14.0. The normalized spacial score (nSPS) is 27.9. The van der Waals surface area contributed by atoms with Crippen molar-refractivity contribution < 1.29 is 0 Å². The van der Waals surface area contributed by atoms with E-state index in [0.29, 0.717) is 12.0 Å². The molecule has 3 nitrogen and oxygen atoms in total. The van der Waals surface area contributed by atoms with E-state index >= 15 is 0 Å².